The first-order valence-electron chi connectivity index (χ1n) is 6.68. The molecule has 0 bridgehead atoms. The lowest BCUT2D eigenvalue weighted by Crippen LogP contribution is -2.33. The number of hydrogen-bond acceptors (Lipinski definition) is 4. The van der Waals surface area contributed by atoms with Crippen molar-refractivity contribution in [1.29, 1.82) is 0 Å². The molecule has 0 fully saturated rings. The first-order valence-corrected chi connectivity index (χ1v) is 6.68. The van der Waals surface area contributed by atoms with E-state index in [1.807, 2.05) is 6.92 Å². The summed E-state index contributed by atoms with van der Waals surface area (Å²) < 4.78 is 15.7. The van der Waals surface area contributed by atoms with Crippen LogP contribution in [0.2, 0.25) is 0 Å². The van der Waals surface area contributed by atoms with E-state index in [1.54, 1.807) is 12.1 Å². The van der Waals surface area contributed by atoms with E-state index in [2.05, 4.69) is 11.2 Å². The van der Waals surface area contributed by atoms with Gasteiger partial charge in [-0.25, -0.2) is 0 Å². The van der Waals surface area contributed by atoms with Crippen LogP contribution in [-0.2, 0) is 0 Å². The monoisotopic (exact) mass is 291 g/mol. The molecule has 1 amide bonds. The van der Waals surface area contributed by atoms with Gasteiger partial charge in [0.1, 0.15) is 0 Å². The molecule has 0 aliphatic carbocycles. The normalized spacial score (nSPS) is 11.2. The molecule has 1 rings (SSSR count). The molecule has 1 atom stereocenters. The summed E-state index contributed by atoms with van der Waals surface area (Å²) in [7, 11) is 4.51. The molecular formula is C16H21NO4. The average molecular weight is 291 g/mol. The number of methoxy groups -OCH3 is 3. The summed E-state index contributed by atoms with van der Waals surface area (Å²) >= 11 is 0. The van der Waals surface area contributed by atoms with Gasteiger partial charge in [0.15, 0.2) is 11.5 Å². The quantitative estimate of drug-likeness (QED) is 0.783. The number of hydrogen-bond donors (Lipinski definition) is 1. The van der Waals surface area contributed by atoms with Crippen LogP contribution in [0.3, 0.4) is 0 Å². The van der Waals surface area contributed by atoms with Gasteiger partial charge in [-0.2, -0.15) is 0 Å². The lowest BCUT2D eigenvalue weighted by Gasteiger charge is -2.16. The Morgan fingerprint density at radius 2 is 1.81 bits per heavy atom. The summed E-state index contributed by atoms with van der Waals surface area (Å²) in [5.74, 6) is 3.59. The maximum atomic E-state index is 12.3. The van der Waals surface area contributed by atoms with Gasteiger partial charge in [-0.1, -0.05) is 19.3 Å². The fourth-order valence-corrected chi connectivity index (χ4v) is 1.94. The topological polar surface area (TPSA) is 56.8 Å². The molecule has 1 aromatic rings. The summed E-state index contributed by atoms with van der Waals surface area (Å²) in [4.78, 5) is 12.3. The smallest absolute Gasteiger partial charge is 0.252 e. The van der Waals surface area contributed by atoms with E-state index in [4.69, 9.17) is 20.6 Å². The molecule has 1 unspecified atom stereocenters. The van der Waals surface area contributed by atoms with E-state index in [0.29, 0.717) is 22.8 Å². The fourth-order valence-electron chi connectivity index (χ4n) is 1.94. The van der Waals surface area contributed by atoms with Crippen molar-refractivity contribution in [1.82, 2.24) is 5.32 Å². The first kappa shape index (κ1) is 16.7. The van der Waals surface area contributed by atoms with Crippen LogP contribution >= 0.6 is 0 Å². The van der Waals surface area contributed by atoms with Gasteiger partial charge in [-0.05, 0) is 18.6 Å². The minimum Gasteiger partial charge on any atom is -0.493 e. The van der Waals surface area contributed by atoms with Crippen molar-refractivity contribution >= 4 is 5.91 Å². The predicted molar refractivity (Wildman–Crippen MR) is 81.1 cm³/mol. The number of terminal acetylenes is 1. The molecule has 0 heterocycles. The maximum absolute atomic E-state index is 12.3. The van der Waals surface area contributed by atoms with E-state index >= 15 is 0 Å². The highest BCUT2D eigenvalue weighted by atomic mass is 16.5. The molecule has 21 heavy (non-hydrogen) atoms. The van der Waals surface area contributed by atoms with Crippen LogP contribution in [0, 0.1) is 12.3 Å². The molecule has 1 aromatic carbocycles. The molecule has 114 valence electrons. The fraction of sp³-hybridized carbons (Fsp3) is 0.438. The van der Waals surface area contributed by atoms with Crippen LogP contribution < -0.4 is 19.5 Å². The van der Waals surface area contributed by atoms with E-state index < -0.39 is 0 Å². The van der Waals surface area contributed by atoms with Gasteiger partial charge < -0.3 is 19.5 Å². The second-order valence-corrected chi connectivity index (χ2v) is 4.40. The maximum Gasteiger partial charge on any atom is 0.252 e. The van der Waals surface area contributed by atoms with Crippen molar-refractivity contribution < 1.29 is 19.0 Å². The molecule has 0 aliphatic rings. The number of carbonyl (C=O) groups is 1. The Kier molecular flexibility index (Phi) is 6.41. The van der Waals surface area contributed by atoms with Crippen LogP contribution in [0.5, 0.6) is 17.2 Å². The molecule has 1 N–H and O–H groups in total. The highest BCUT2D eigenvalue weighted by Crippen LogP contribution is 2.38. The summed E-state index contributed by atoms with van der Waals surface area (Å²) in [6.45, 7) is 2.01. The van der Waals surface area contributed by atoms with Crippen molar-refractivity contribution in [2.24, 2.45) is 0 Å². The number of rotatable bonds is 7. The third-order valence-corrected chi connectivity index (χ3v) is 3.01. The third kappa shape index (κ3) is 4.06. The SMILES string of the molecule is C#CC(CCC)NC(=O)c1cc(OC)c(OC)c(OC)c1. The third-order valence-electron chi connectivity index (χ3n) is 3.01. The highest BCUT2D eigenvalue weighted by molar-refractivity contribution is 5.96. The Hall–Kier alpha value is -2.35. The standard InChI is InChI=1S/C16H21NO4/c1-6-8-12(7-2)17-16(18)11-9-13(19-3)15(21-5)14(10-11)20-4/h2,9-10,12H,6,8H2,1,3-5H3,(H,17,18). The van der Waals surface area contributed by atoms with Crippen LogP contribution in [0.1, 0.15) is 30.1 Å². The first-order chi connectivity index (χ1) is 10.1. The van der Waals surface area contributed by atoms with Gasteiger partial charge in [0.25, 0.3) is 5.91 Å². The second-order valence-electron chi connectivity index (χ2n) is 4.40. The van der Waals surface area contributed by atoms with Crippen LogP contribution in [0.25, 0.3) is 0 Å². The van der Waals surface area contributed by atoms with E-state index in [-0.39, 0.29) is 11.9 Å². The number of nitrogens with one attached hydrogen (secondary N) is 1. The Labute approximate surface area is 125 Å². The molecule has 0 radical (unpaired) electrons. The number of ether oxygens (including phenoxy) is 3. The lowest BCUT2D eigenvalue weighted by atomic mass is 10.1. The molecule has 0 saturated heterocycles. The molecule has 5 nitrogen and oxygen atoms in total. The molecule has 0 spiro atoms. The summed E-state index contributed by atoms with van der Waals surface area (Å²) in [5.41, 5.74) is 0.404. The molecule has 0 saturated carbocycles. The number of amides is 1. The van der Waals surface area contributed by atoms with Crippen LogP contribution in [0.4, 0.5) is 0 Å². The van der Waals surface area contributed by atoms with Crippen molar-refractivity contribution in [3.8, 4) is 29.6 Å². The summed E-state index contributed by atoms with van der Waals surface area (Å²) in [6, 6.07) is 2.90. The van der Waals surface area contributed by atoms with Crippen molar-refractivity contribution in [2.75, 3.05) is 21.3 Å². The zero-order valence-corrected chi connectivity index (χ0v) is 12.9. The van der Waals surface area contributed by atoms with Gasteiger partial charge >= 0.3 is 0 Å². The predicted octanol–water partition coefficient (Wildman–Crippen LogP) is 2.24. The number of carbonyl (C=O) groups excluding carboxylic acids is 1. The molecular weight excluding hydrogens is 270 g/mol. The summed E-state index contributed by atoms with van der Waals surface area (Å²) in [6.07, 6.45) is 7.03. The Morgan fingerprint density at radius 1 is 1.24 bits per heavy atom. The average Bonchev–Trinajstić information content (AvgIpc) is 2.52. The minimum absolute atomic E-state index is 0.273. The second kappa shape index (κ2) is 8.05. The Balaban J connectivity index is 3.07. The van der Waals surface area contributed by atoms with Gasteiger partial charge in [-0.15, -0.1) is 6.42 Å². The molecule has 5 heteroatoms. The van der Waals surface area contributed by atoms with Crippen molar-refractivity contribution in [3.63, 3.8) is 0 Å². The van der Waals surface area contributed by atoms with Gasteiger partial charge in [0, 0.05) is 5.56 Å². The Bertz CT molecular complexity index is 509. The largest absolute Gasteiger partial charge is 0.493 e. The lowest BCUT2D eigenvalue weighted by molar-refractivity contribution is 0.0943. The molecule has 0 aliphatic heterocycles. The van der Waals surface area contributed by atoms with E-state index in [1.165, 1.54) is 21.3 Å². The van der Waals surface area contributed by atoms with E-state index in [9.17, 15) is 4.79 Å². The Morgan fingerprint density at radius 3 is 2.19 bits per heavy atom. The van der Waals surface area contributed by atoms with E-state index in [0.717, 1.165) is 12.8 Å². The minimum atomic E-state index is -0.290. The van der Waals surface area contributed by atoms with Gasteiger partial charge in [0.2, 0.25) is 5.75 Å². The summed E-state index contributed by atoms with van der Waals surface area (Å²) in [5, 5.41) is 2.80. The molecule has 0 aromatic heterocycles. The van der Waals surface area contributed by atoms with Crippen molar-refractivity contribution in [3.05, 3.63) is 17.7 Å². The number of benzene rings is 1. The zero-order valence-electron chi connectivity index (χ0n) is 12.9. The van der Waals surface area contributed by atoms with Crippen molar-refractivity contribution in [2.45, 2.75) is 25.8 Å². The zero-order chi connectivity index (χ0) is 15.8. The van der Waals surface area contributed by atoms with Crippen LogP contribution in [0.15, 0.2) is 12.1 Å². The van der Waals surface area contributed by atoms with Gasteiger partial charge in [0.05, 0.1) is 27.4 Å². The van der Waals surface area contributed by atoms with Crippen LogP contribution in [-0.4, -0.2) is 33.3 Å². The van der Waals surface area contributed by atoms with Gasteiger partial charge in [-0.3, -0.25) is 4.79 Å². The highest BCUT2D eigenvalue weighted by Gasteiger charge is 2.18.